The van der Waals surface area contributed by atoms with Crippen LogP contribution in [0.4, 0.5) is 0 Å². The van der Waals surface area contributed by atoms with Crippen LogP contribution in [0.15, 0.2) is 11.1 Å². The van der Waals surface area contributed by atoms with Crippen LogP contribution in [0.1, 0.15) is 90.3 Å². The zero-order chi connectivity index (χ0) is 19.6. The molecule has 0 N–H and O–H groups in total. The number of hydrogen-bond donors (Lipinski definition) is 0. The smallest absolute Gasteiger partial charge is 0.306 e. The molecule has 1 rings (SSSR count). The van der Waals surface area contributed by atoms with E-state index in [-0.39, 0.29) is 11.5 Å². The van der Waals surface area contributed by atoms with Gasteiger partial charge in [0.05, 0.1) is 6.33 Å². The molecule has 0 saturated carbocycles. The third-order valence-corrected chi connectivity index (χ3v) is 4.33. The van der Waals surface area contributed by atoms with E-state index in [1.165, 1.54) is 25.7 Å². The van der Waals surface area contributed by atoms with Crippen LogP contribution >= 0.6 is 0 Å². The van der Waals surface area contributed by atoms with Crippen LogP contribution < -0.4 is 5.56 Å². The van der Waals surface area contributed by atoms with Crippen LogP contribution in [-0.4, -0.2) is 21.1 Å². The first-order valence-corrected chi connectivity index (χ1v) is 10.0. The lowest BCUT2D eigenvalue weighted by molar-refractivity contribution is -0.154. The fourth-order valence-electron chi connectivity index (χ4n) is 2.93. The molecule has 0 radical (unpaired) electrons. The standard InChI is InChI=1S/C21H36N2O3/c1-6-7-8-9-10-11-13-18-17(2)22-16-23(20(18)25)15-12-14-19(24)26-21(3,4)5/h16H,6-15H2,1-5H3. The summed E-state index contributed by atoms with van der Waals surface area (Å²) in [5.74, 6) is -0.224. The van der Waals surface area contributed by atoms with E-state index in [1.54, 1.807) is 10.9 Å². The van der Waals surface area contributed by atoms with Gasteiger partial charge in [0.15, 0.2) is 0 Å². The highest BCUT2D eigenvalue weighted by molar-refractivity contribution is 5.69. The molecule has 26 heavy (non-hydrogen) atoms. The highest BCUT2D eigenvalue weighted by atomic mass is 16.6. The molecule has 1 aromatic rings. The molecule has 1 aromatic heterocycles. The molecular weight excluding hydrogens is 328 g/mol. The van der Waals surface area contributed by atoms with E-state index < -0.39 is 5.60 Å². The van der Waals surface area contributed by atoms with Gasteiger partial charge in [0, 0.05) is 24.2 Å². The topological polar surface area (TPSA) is 61.2 Å². The average molecular weight is 365 g/mol. The fraction of sp³-hybridized carbons (Fsp3) is 0.762. The number of nitrogens with zero attached hydrogens (tertiary/aromatic N) is 2. The van der Waals surface area contributed by atoms with Gasteiger partial charge in [-0.15, -0.1) is 0 Å². The second-order valence-electron chi connectivity index (χ2n) is 8.01. The van der Waals surface area contributed by atoms with Gasteiger partial charge in [0.2, 0.25) is 0 Å². The molecule has 0 spiro atoms. The van der Waals surface area contributed by atoms with E-state index in [2.05, 4.69) is 11.9 Å². The van der Waals surface area contributed by atoms with Crippen molar-refractivity contribution in [2.45, 2.75) is 105 Å². The lowest BCUT2D eigenvalue weighted by Gasteiger charge is -2.19. The maximum absolute atomic E-state index is 12.7. The Morgan fingerprint density at radius 2 is 1.77 bits per heavy atom. The van der Waals surface area contributed by atoms with Gasteiger partial charge in [0.25, 0.3) is 5.56 Å². The summed E-state index contributed by atoms with van der Waals surface area (Å²) < 4.78 is 6.93. The Labute approximate surface area is 158 Å². The normalized spacial score (nSPS) is 11.6. The van der Waals surface area contributed by atoms with E-state index >= 15 is 0 Å². The Morgan fingerprint density at radius 1 is 1.12 bits per heavy atom. The molecule has 0 aliphatic rings. The number of aryl methyl sites for hydroxylation is 2. The summed E-state index contributed by atoms with van der Waals surface area (Å²) in [5.41, 5.74) is 1.21. The van der Waals surface area contributed by atoms with Crippen molar-refractivity contribution in [2.75, 3.05) is 0 Å². The first-order valence-electron chi connectivity index (χ1n) is 10.0. The molecule has 0 aliphatic heterocycles. The summed E-state index contributed by atoms with van der Waals surface area (Å²) in [6.07, 6.45) is 10.5. The summed E-state index contributed by atoms with van der Waals surface area (Å²) in [6, 6.07) is 0. The van der Waals surface area contributed by atoms with Gasteiger partial charge in [-0.3, -0.25) is 14.2 Å². The van der Waals surface area contributed by atoms with Crippen molar-refractivity contribution in [3.05, 3.63) is 27.9 Å². The van der Waals surface area contributed by atoms with Crippen molar-refractivity contribution >= 4 is 5.97 Å². The van der Waals surface area contributed by atoms with Crippen molar-refractivity contribution in [1.29, 1.82) is 0 Å². The van der Waals surface area contributed by atoms with E-state index in [0.29, 0.717) is 19.4 Å². The fourth-order valence-corrected chi connectivity index (χ4v) is 2.93. The molecule has 5 heteroatoms. The quantitative estimate of drug-likeness (QED) is 0.426. The van der Waals surface area contributed by atoms with Crippen LogP contribution in [0.25, 0.3) is 0 Å². The van der Waals surface area contributed by atoms with Gasteiger partial charge >= 0.3 is 5.97 Å². The van der Waals surface area contributed by atoms with Crippen LogP contribution in [0, 0.1) is 6.92 Å². The van der Waals surface area contributed by atoms with Gasteiger partial charge in [-0.05, 0) is 47.0 Å². The van der Waals surface area contributed by atoms with Crippen LogP contribution in [0.3, 0.4) is 0 Å². The molecule has 0 unspecified atom stereocenters. The molecule has 0 fully saturated rings. The zero-order valence-electron chi connectivity index (χ0n) is 17.3. The molecule has 0 aromatic carbocycles. The van der Waals surface area contributed by atoms with Crippen molar-refractivity contribution in [2.24, 2.45) is 0 Å². The van der Waals surface area contributed by atoms with Gasteiger partial charge < -0.3 is 4.74 Å². The number of carbonyl (C=O) groups excluding carboxylic acids is 1. The molecule has 0 amide bonds. The number of unbranched alkanes of at least 4 members (excludes halogenated alkanes) is 5. The SMILES string of the molecule is CCCCCCCCc1c(C)ncn(CCCC(=O)OC(C)(C)C)c1=O. The number of aromatic nitrogens is 2. The lowest BCUT2D eigenvalue weighted by atomic mass is 10.0. The van der Waals surface area contributed by atoms with Crippen molar-refractivity contribution < 1.29 is 9.53 Å². The lowest BCUT2D eigenvalue weighted by Crippen LogP contribution is -2.27. The monoisotopic (exact) mass is 364 g/mol. The predicted octanol–water partition coefficient (Wildman–Crippen LogP) is 4.58. The number of hydrogen-bond acceptors (Lipinski definition) is 4. The van der Waals surface area contributed by atoms with E-state index in [0.717, 1.165) is 30.5 Å². The van der Waals surface area contributed by atoms with Crippen LogP contribution in [0.2, 0.25) is 0 Å². The average Bonchev–Trinajstić information content (AvgIpc) is 2.54. The number of rotatable bonds is 11. The Balaban J connectivity index is 2.52. The highest BCUT2D eigenvalue weighted by Crippen LogP contribution is 2.11. The molecule has 1 heterocycles. The first kappa shape index (κ1) is 22.4. The molecule has 0 aliphatic carbocycles. The maximum Gasteiger partial charge on any atom is 0.306 e. The van der Waals surface area contributed by atoms with Gasteiger partial charge in [0.1, 0.15) is 5.60 Å². The molecule has 0 atom stereocenters. The van der Waals surface area contributed by atoms with Crippen LogP contribution in [0.5, 0.6) is 0 Å². The summed E-state index contributed by atoms with van der Waals surface area (Å²) in [6.45, 7) is 10.2. The summed E-state index contributed by atoms with van der Waals surface area (Å²) in [7, 11) is 0. The predicted molar refractivity (Wildman–Crippen MR) is 105 cm³/mol. The van der Waals surface area contributed by atoms with Gasteiger partial charge in [-0.2, -0.15) is 0 Å². The maximum atomic E-state index is 12.7. The Kier molecular flexibility index (Phi) is 9.60. The summed E-state index contributed by atoms with van der Waals surface area (Å²) in [4.78, 5) is 28.8. The van der Waals surface area contributed by atoms with Crippen molar-refractivity contribution in [3.8, 4) is 0 Å². The molecule has 148 valence electrons. The Morgan fingerprint density at radius 3 is 2.42 bits per heavy atom. The minimum absolute atomic E-state index is 0.0373. The molecule has 0 saturated heterocycles. The number of ether oxygens (including phenoxy) is 1. The van der Waals surface area contributed by atoms with Crippen molar-refractivity contribution in [3.63, 3.8) is 0 Å². The molecular formula is C21H36N2O3. The second-order valence-corrected chi connectivity index (χ2v) is 8.01. The summed E-state index contributed by atoms with van der Waals surface area (Å²) in [5, 5.41) is 0. The Hall–Kier alpha value is -1.65. The third-order valence-electron chi connectivity index (χ3n) is 4.33. The second kappa shape index (κ2) is 11.1. The minimum Gasteiger partial charge on any atom is -0.460 e. The number of esters is 1. The first-order chi connectivity index (χ1) is 12.2. The minimum atomic E-state index is -0.469. The summed E-state index contributed by atoms with van der Waals surface area (Å²) >= 11 is 0. The van der Waals surface area contributed by atoms with E-state index in [9.17, 15) is 9.59 Å². The number of carbonyl (C=O) groups is 1. The largest absolute Gasteiger partial charge is 0.460 e. The van der Waals surface area contributed by atoms with E-state index in [1.807, 2.05) is 27.7 Å². The third kappa shape index (κ3) is 8.63. The Bertz CT molecular complexity index is 615. The molecule has 5 nitrogen and oxygen atoms in total. The zero-order valence-corrected chi connectivity index (χ0v) is 17.3. The highest BCUT2D eigenvalue weighted by Gasteiger charge is 2.16. The molecule has 0 bridgehead atoms. The van der Waals surface area contributed by atoms with E-state index in [4.69, 9.17) is 4.74 Å². The van der Waals surface area contributed by atoms with Gasteiger partial charge in [-0.1, -0.05) is 39.0 Å². The van der Waals surface area contributed by atoms with Crippen molar-refractivity contribution in [1.82, 2.24) is 9.55 Å². The van der Waals surface area contributed by atoms with Gasteiger partial charge in [-0.25, -0.2) is 4.98 Å². The van der Waals surface area contributed by atoms with Crippen LogP contribution in [-0.2, 0) is 22.5 Å².